The first-order valence-corrected chi connectivity index (χ1v) is 8.16. The quantitative estimate of drug-likeness (QED) is 0.860. The van der Waals surface area contributed by atoms with Gasteiger partial charge in [0.15, 0.2) is 0 Å². The summed E-state index contributed by atoms with van der Waals surface area (Å²) in [6.07, 6.45) is 5.95. The summed E-state index contributed by atoms with van der Waals surface area (Å²) >= 11 is 1.39. The Kier molecular flexibility index (Phi) is 5.01. The van der Waals surface area contributed by atoms with E-state index in [0.717, 1.165) is 12.8 Å². The maximum atomic E-state index is 12.0. The van der Waals surface area contributed by atoms with Crippen LogP contribution >= 0.6 is 11.8 Å². The van der Waals surface area contributed by atoms with Gasteiger partial charge in [-0.3, -0.25) is 4.79 Å². The lowest BCUT2D eigenvalue weighted by Crippen LogP contribution is -2.37. The highest BCUT2D eigenvalue weighted by Crippen LogP contribution is 2.22. The zero-order chi connectivity index (χ0) is 14.6. The van der Waals surface area contributed by atoms with Crippen molar-refractivity contribution in [3.63, 3.8) is 0 Å². The maximum Gasteiger partial charge on any atom is 0.230 e. The van der Waals surface area contributed by atoms with Gasteiger partial charge in [-0.25, -0.2) is 4.68 Å². The number of rotatable bonds is 4. The standard InChI is InChI=1S/C13H23N5OS/c1-13(2,3)18-12(15-16-17-18)20-9-11(19)14-10-7-5-4-6-8-10/h10H,4-9H2,1-3H3,(H,14,19). The second-order valence-corrected chi connectivity index (χ2v) is 7.18. The molecule has 0 aliphatic heterocycles. The highest BCUT2D eigenvalue weighted by molar-refractivity contribution is 7.99. The molecule has 1 saturated carbocycles. The molecule has 6 nitrogen and oxygen atoms in total. The second kappa shape index (κ2) is 6.56. The number of aromatic nitrogens is 4. The number of nitrogens with zero attached hydrogens (tertiary/aromatic N) is 4. The van der Waals surface area contributed by atoms with E-state index in [4.69, 9.17) is 0 Å². The maximum absolute atomic E-state index is 12.0. The van der Waals surface area contributed by atoms with Crippen LogP contribution in [-0.2, 0) is 10.3 Å². The summed E-state index contributed by atoms with van der Waals surface area (Å²) in [7, 11) is 0. The topological polar surface area (TPSA) is 72.7 Å². The lowest BCUT2D eigenvalue weighted by atomic mass is 9.95. The van der Waals surface area contributed by atoms with Gasteiger partial charge in [0.25, 0.3) is 0 Å². The average Bonchev–Trinajstić information content (AvgIpc) is 2.86. The van der Waals surface area contributed by atoms with Crippen molar-refractivity contribution >= 4 is 17.7 Å². The van der Waals surface area contributed by atoms with E-state index < -0.39 is 0 Å². The minimum atomic E-state index is -0.175. The van der Waals surface area contributed by atoms with Crippen molar-refractivity contribution in [2.24, 2.45) is 0 Å². The van der Waals surface area contributed by atoms with Crippen LogP contribution < -0.4 is 5.32 Å². The van der Waals surface area contributed by atoms with Crippen molar-refractivity contribution in [1.29, 1.82) is 0 Å². The van der Waals surface area contributed by atoms with Crippen molar-refractivity contribution in [2.75, 3.05) is 5.75 Å². The molecular weight excluding hydrogens is 274 g/mol. The molecule has 0 atom stereocenters. The second-order valence-electron chi connectivity index (χ2n) is 6.24. The van der Waals surface area contributed by atoms with Crippen LogP contribution in [-0.4, -0.2) is 37.9 Å². The minimum Gasteiger partial charge on any atom is -0.353 e. The van der Waals surface area contributed by atoms with Gasteiger partial charge in [-0.15, -0.1) is 5.10 Å². The van der Waals surface area contributed by atoms with E-state index >= 15 is 0 Å². The summed E-state index contributed by atoms with van der Waals surface area (Å²) in [6.45, 7) is 6.11. The molecule has 2 rings (SSSR count). The van der Waals surface area contributed by atoms with E-state index in [-0.39, 0.29) is 11.4 Å². The van der Waals surface area contributed by atoms with E-state index in [9.17, 15) is 4.79 Å². The number of hydrogen-bond donors (Lipinski definition) is 1. The Morgan fingerprint density at radius 3 is 2.70 bits per heavy atom. The molecule has 1 aromatic heterocycles. The van der Waals surface area contributed by atoms with Crippen molar-refractivity contribution in [2.45, 2.75) is 69.6 Å². The Balaban J connectivity index is 1.83. The van der Waals surface area contributed by atoms with E-state index in [2.05, 4.69) is 20.8 Å². The van der Waals surface area contributed by atoms with Crippen LogP contribution in [0.25, 0.3) is 0 Å². The smallest absolute Gasteiger partial charge is 0.230 e. The third-order valence-electron chi connectivity index (χ3n) is 3.38. The number of thioether (sulfide) groups is 1. The molecule has 1 aliphatic carbocycles. The number of carbonyl (C=O) groups excluding carboxylic acids is 1. The number of amides is 1. The van der Waals surface area contributed by atoms with Gasteiger partial charge >= 0.3 is 0 Å². The van der Waals surface area contributed by atoms with E-state index in [1.54, 1.807) is 4.68 Å². The van der Waals surface area contributed by atoms with Crippen LogP contribution in [0.4, 0.5) is 0 Å². The van der Waals surface area contributed by atoms with Crippen molar-refractivity contribution in [1.82, 2.24) is 25.5 Å². The summed E-state index contributed by atoms with van der Waals surface area (Å²) in [4.78, 5) is 12.0. The molecular formula is C13H23N5OS. The Bertz CT molecular complexity index is 448. The van der Waals surface area contributed by atoms with Gasteiger partial charge in [0.1, 0.15) is 0 Å². The first-order valence-electron chi connectivity index (χ1n) is 7.18. The Morgan fingerprint density at radius 2 is 2.05 bits per heavy atom. The van der Waals surface area contributed by atoms with Gasteiger partial charge in [-0.2, -0.15) is 0 Å². The molecule has 0 aromatic carbocycles. The van der Waals surface area contributed by atoms with Gasteiger partial charge in [-0.1, -0.05) is 31.0 Å². The molecule has 1 heterocycles. The summed E-state index contributed by atoms with van der Waals surface area (Å²) in [6, 6.07) is 0.357. The zero-order valence-corrected chi connectivity index (χ0v) is 13.2. The van der Waals surface area contributed by atoms with Crippen molar-refractivity contribution < 1.29 is 4.79 Å². The molecule has 1 N–H and O–H groups in total. The van der Waals surface area contributed by atoms with Gasteiger partial charge in [-0.05, 0) is 44.0 Å². The predicted octanol–water partition coefficient (Wildman–Crippen LogP) is 1.97. The van der Waals surface area contributed by atoms with Crippen LogP contribution in [0.2, 0.25) is 0 Å². The number of tetrazole rings is 1. The molecule has 1 aliphatic rings. The third-order valence-corrected chi connectivity index (χ3v) is 4.30. The highest BCUT2D eigenvalue weighted by Gasteiger charge is 2.21. The van der Waals surface area contributed by atoms with Crippen LogP contribution in [0.5, 0.6) is 0 Å². The first-order chi connectivity index (χ1) is 9.47. The predicted molar refractivity (Wildman–Crippen MR) is 78.6 cm³/mol. The van der Waals surface area contributed by atoms with Gasteiger partial charge in [0.05, 0.1) is 11.3 Å². The first kappa shape index (κ1) is 15.3. The Morgan fingerprint density at radius 1 is 1.35 bits per heavy atom. The van der Waals surface area contributed by atoms with Crippen LogP contribution in [0, 0.1) is 0 Å². The molecule has 1 amide bonds. The molecule has 7 heteroatoms. The van der Waals surface area contributed by atoms with Crippen molar-refractivity contribution in [3.05, 3.63) is 0 Å². The summed E-state index contributed by atoms with van der Waals surface area (Å²) in [5.41, 5.74) is -0.175. The van der Waals surface area contributed by atoms with Gasteiger partial charge < -0.3 is 5.32 Å². The molecule has 0 saturated heterocycles. The molecule has 0 unspecified atom stereocenters. The highest BCUT2D eigenvalue weighted by atomic mass is 32.2. The Hall–Kier alpha value is -1.11. The molecule has 112 valence electrons. The number of hydrogen-bond acceptors (Lipinski definition) is 5. The van der Waals surface area contributed by atoms with Crippen LogP contribution in [0.15, 0.2) is 5.16 Å². The Labute approximate surface area is 124 Å². The van der Waals surface area contributed by atoms with E-state index in [0.29, 0.717) is 17.0 Å². The normalized spacial score (nSPS) is 17.1. The SMILES string of the molecule is CC(C)(C)n1nnnc1SCC(=O)NC1CCCCC1. The molecule has 0 spiro atoms. The molecule has 20 heavy (non-hydrogen) atoms. The summed E-state index contributed by atoms with van der Waals surface area (Å²) in [5.74, 6) is 0.442. The fourth-order valence-corrected chi connectivity index (χ4v) is 3.21. The van der Waals surface area contributed by atoms with Crippen molar-refractivity contribution in [3.8, 4) is 0 Å². The minimum absolute atomic E-state index is 0.0744. The lowest BCUT2D eigenvalue weighted by molar-refractivity contribution is -0.119. The molecule has 0 radical (unpaired) electrons. The fourth-order valence-electron chi connectivity index (χ4n) is 2.34. The van der Waals surface area contributed by atoms with Crippen LogP contribution in [0.3, 0.4) is 0 Å². The number of nitrogens with one attached hydrogen (secondary N) is 1. The van der Waals surface area contributed by atoms with Gasteiger partial charge in [0, 0.05) is 6.04 Å². The fraction of sp³-hybridized carbons (Fsp3) is 0.846. The van der Waals surface area contributed by atoms with E-state index in [1.807, 2.05) is 20.8 Å². The largest absolute Gasteiger partial charge is 0.353 e. The monoisotopic (exact) mass is 297 g/mol. The van der Waals surface area contributed by atoms with Gasteiger partial charge in [0.2, 0.25) is 11.1 Å². The third kappa shape index (κ3) is 4.19. The zero-order valence-electron chi connectivity index (χ0n) is 12.4. The number of carbonyl (C=O) groups is 1. The average molecular weight is 297 g/mol. The summed E-state index contributed by atoms with van der Waals surface area (Å²) in [5, 5.41) is 15.5. The molecule has 0 bridgehead atoms. The summed E-state index contributed by atoms with van der Waals surface area (Å²) < 4.78 is 1.76. The lowest BCUT2D eigenvalue weighted by Gasteiger charge is -2.23. The molecule has 1 aromatic rings. The van der Waals surface area contributed by atoms with Crippen LogP contribution in [0.1, 0.15) is 52.9 Å². The molecule has 1 fully saturated rings. The van der Waals surface area contributed by atoms with E-state index in [1.165, 1.54) is 31.0 Å².